The summed E-state index contributed by atoms with van der Waals surface area (Å²) < 4.78 is 0. The molecule has 0 bridgehead atoms. The minimum absolute atomic E-state index is 0.0577. The average molecular weight is 237 g/mol. The fraction of sp³-hybridized carbons (Fsp3) is 0.929. The summed E-state index contributed by atoms with van der Waals surface area (Å²) in [4.78, 5) is 4.84. The molecule has 1 saturated heterocycles. The molecule has 1 rings (SSSR count). The van der Waals surface area contributed by atoms with Crippen LogP contribution in [-0.2, 0) is 0 Å². The smallest absolute Gasteiger partial charge is 0.0994 e. The van der Waals surface area contributed by atoms with Crippen LogP contribution in [0.15, 0.2) is 0 Å². The molecule has 1 aliphatic heterocycles. The molecule has 1 aliphatic rings. The van der Waals surface area contributed by atoms with Gasteiger partial charge in [0.2, 0.25) is 0 Å². The normalized spacial score (nSPS) is 25.4. The Kier molecular flexibility index (Phi) is 4.22. The van der Waals surface area contributed by atoms with Crippen molar-refractivity contribution in [3.05, 3.63) is 0 Å². The van der Waals surface area contributed by atoms with E-state index in [0.717, 1.165) is 26.1 Å². The maximum absolute atomic E-state index is 9.33. The maximum Gasteiger partial charge on any atom is 0.0994 e. The molecule has 0 aromatic heterocycles. The van der Waals surface area contributed by atoms with Crippen LogP contribution in [0.4, 0.5) is 0 Å². The van der Waals surface area contributed by atoms with Crippen molar-refractivity contribution in [1.29, 1.82) is 5.26 Å². The van der Waals surface area contributed by atoms with Crippen LogP contribution in [0.5, 0.6) is 0 Å². The second-order valence-electron chi connectivity index (χ2n) is 6.96. The molecule has 0 unspecified atom stereocenters. The molecule has 0 amide bonds. The first-order chi connectivity index (χ1) is 7.66. The lowest BCUT2D eigenvalue weighted by atomic mass is 10.0. The third kappa shape index (κ3) is 3.69. The Labute approximate surface area is 106 Å². The molecule has 0 aromatic rings. The van der Waals surface area contributed by atoms with E-state index in [0.29, 0.717) is 0 Å². The van der Waals surface area contributed by atoms with Crippen molar-refractivity contribution >= 4 is 0 Å². The summed E-state index contributed by atoms with van der Waals surface area (Å²) >= 11 is 0. The molecule has 1 fully saturated rings. The number of hydrogen-bond donors (Lipinski definition) is 0. The fourth-order valence-corrected chi connectivity index (χ4v) is 2.54. The fourth-order valence-electron chi connectivity index (χ4n) is 2.54. The Balaban J connectivity index is 2.82. The molecule has 0 radical (unpaired) electrons. The van der Waals surface area contributed by atoms with E-state index in [9.17, 15) is 5.26 Å². The van der Waals surface area contributed by atoms with E-state index in [1.807, 2.05) is 0 Å². The van der Waals surface area contributed by atoms with Gasteiger partial charge >= 0.3 is 0 Å². The van der Waals surface area contributed by atoms with Gasteiger partial charge in [-0.2, -0.15) is 5.26 Å². The second kappa shape index (κ2) is 4.96. The van der Waals surface area contributed by atoms with E-state index in [1.165, 1.54) is 0 Å². The molecule has 0 N–H and O–H groups in total. The Morgan fingerprint density at radius 2 is 1.53 bits per heavy atom. The molecule has 1 heterocycles. The first-order valence-electron chi connectivity index (χ1n) is 6.57. The lowest BCUT2D eigenvalue weighted by molar-refractivity contribution is 0.101. The van der Waals surface area contributed by atoms with Crippen molar-refractivity contribution in [3.63, 3.8) is 0 Å². The van der Waals surface area contributed by atoms with Gasteiger partial charge in [0.15, 0.2) is 0 Å². The highest BCUT2D eigenvalue weighted by atomic mass is 15.3. The van der Waals surface area contributed by atoms with Gasteiger partial charge in [0.05, 0.1) is 12.1 Å². The SMILES string of the molecule is CC(C)(C)N1CC[C@@H](C#N)N(C(C)(C)C)CC1. The molecular weight excluding hydrogens is 210 g/mol. The van der Waals surface area contributed by atoms with Crippen LogP contribution in [0.1, 0.15) is 48.0 Å². The minimum Gasteiger partial charge on any atom is -0.297 e. The lowest BCUT2D eigenvalue weighted by Gasteiger charge is -2.38. The van der Waals surface area contributed by atoms with Crippen molar-refractivity contribution in [2.45, 2.75) is 65.1 Å². The highest BCUT2D eigenvalue weighted by Gasteiger charge is 2.34. The van der Waals surface area contributed by atoms with Crippen molar-refractivity contribution < 1.29 is 0 Å². The monoisotopic (exact) mass is 237 g/mol. The van der Waals surface area contributed by atoms with Gasteiger partial charge in [0.1, 0.15) is 0 Å². The first kappa shape index (κ1) is 14.5. The van der Waals surface area contributed by atoms with Gasteiger partial charge in [-0.1, -0.05) is 0 Å². The van der Waals surface area contributed by atoms with Crippen LogP contribution in [0.2, 0.25) is 0 Å². The molecule has 0 aliphatic carbocycles. The average Bonchev–Trinajstić information content (AvgIpc) is 2.36. The van der Waals surface area contributed by atoms with Gasteiger partial charge in [-0.15, -0.1) is 0 Å². The quantitative estimate of drug-likeness (QED) is 0.648. The zero-order valence-electron chi connectivity index (χ0n) is 12.2. The minimum atomic E-state index is 0.0577. The Morgan fingerprint density at radius 1 is 0.941 bits per heavy atom. The topological polar surface area (TPSA) is 30.3 Å². The van der Waals surface area contributed by atoms with Gasteiger partial charge < -0.3 is 0 Å². The first-order valence-corrected chi connectivity index (χ1v) is 6.57. The van der Waals surface area contributed by atoms with E-state index in [1.54, 1.807) is 0 Å². The Hall–Kier alpha value is -0.590. The number of hydrogen-bond acceptors (Lipinski definition) is 3. The summed E-state index contributed by atoms with van der Waals surface area (Å²) in [6.45, 7) is 16.4. The summed E-state index contributed by atoms with van der Waals surface area (Å²) in [6, 6.07) is 2.53. The third-order valence-corrected chi connectivity index (χ3v) is 3.62. The van der Waals surface area contributed by atoms with E-state index in [4.69, 9.17) is 0 Å². The molecule has 0 saturated carbocycles. The van der Waals surface area contributed by atoms with Crippen LogP contribution < -0.4 is 0 Å². The summed E-state index contributed by atoms with van der Waals surface area (Å²) in [7, 11) is 0. The standard InChI is InChI=1S/C14H27N3/c1-13(2,3)16-8-7-12(11-15)17(10-9-16)14(4,5)6/h12H,7-10H2,1-6H3/t12-/m0/s1. The van der Waals surface area contributed by atoms with Crippen molar-refractivity contribution in [3.8, 4) is 6.07 Å². The Bertz CT molecular complexity index is 290. The zero-order chi connectivity index (χ0) is 13.3. The third-order valence-electron chi connectivity index (χ3n) is 3.62. The number of nitriles is 1. The highest BCUT2D eigenvalue weighted by molar-refractivity contribution is 4.99. The van der Waals surface area contributed by atoms with Crippen LogP contribution >= 0.6 is 0 Å². The number of rotatable bonds is 0. The van der Waals surface area contributed by atoms with Gasteiger partial charge in [-0.3, -0.25) is 9.80 Å². The summed E-state index contributed by atoms with van der Waals surface area (Å²) in [5, 5.41) is 9.33. The van der Waals surface area contributed by atoms with Crippen LogP contribution in [0.3, 0.4) is 0 Å². The van der Waals surface area contributed by atoms with Gasteiger partial charge in [-0.25, -0.2) is 0 Å². The van der Waals surface area contributed by atoms with Gasteiger partial charge in [0.25, 0.3) is 0 Å². The second-order valence-corrected chi connectivity index (χ2v) is 6.96. The predicted molar refractivity (Wildman–Crippen MR) is 71.8 cm³/mol. The maximum atomic E-state index is 9.33. The Morgan fingerprint density at radius 3 is 1.94 bits per heavy atom. The molecule has 1 atom stereocenters. The number of nitrogens with zero attached hydrogens (tertiary/aromatic N) is 3. The van der Waals surface area contributed by atoms with Crippen molar-refractivity contribution in [2.24, 2.45) is 0 Å². The van der Waals surface area contributed by atoms with Crippen LogP contribution in [0, 0.1) is 11.3 Å². The van der Waals surface area contributed by atoms with Crippen molar-refractivity contribution in [1.82, 2.24) is 9.80 Å². The van der Waals surface area contributed by atoms with E-state index >= 15 is 0 Å². The van der Waals surface area contributed by atoms with Crippen LogP contribution in [-0.4, -0.2) is 46.6 Å². The molecule has 3 nitrogen and oxygen atoms in total. The predicted octanol–water partition coefficient (Wildman–Crippen LogP) is 2.48. The largest absolute Gasteiger partial charge is 0.297 e. The van der Waals surface area contributed by atoms with E-state index < -0.39 is 0 Å². The lowest BCUT2D eigenvalue weighted by Crippen LogP contribution is -2.49. The molecule has 0 spiro atoms. The van der Waals surface area contributed by atoms with Gasteiger partial charge in [-0.05, 0) is 48.0 Å². The summed E-state index contributed by atoms with van der Waals surface area (Å²) in [6.07, 6.45) is 0.949. The van der Waals surface area contributed by atoms with E-state index in [2.05, 4.69) is 57.4 Å². The van der Waals surface area contributed by atoms with Crippen LogP contribution in [0.25, 0.3) is 0 Å². The highest BCUT2D eigenvalue weighted by Crippen LogP contribution is 2.24. The van der Waals surface area contributed by atoms with Crippen molar-refractivity contribution in [2.75, 3.05) is 19.6 Å². The van der Waals surface area contributed by atoms with Gasteiger partial charge in [0, 0.05) is 30.7 Å². The molecule has 17 heavy (non-hydrogen) atoms. The molecule has 98 valence electrons. The molecule has 3 heteroatoms. The van der Waals surface area contributed by atoms with E-state index in [-0.39, 0.29) is 17.1 Å². The summed E-state index contributed by atoms with van der Waals surface area (Å²) in [5.41, 5.74) is 0.280. The molecule has 0 aromatic carbocycles. The molecular formula is C14H27N3. The summed E-state index contributed by atoms with van der Waals surface area (Å²) in [5.74, 6) is 0. The zero-order valence-corrected chi connectivity index (χ0v) is 12.2.